The van der Waals surface area contributed by atoms with Crippen LogP contribution in [-0.4, -0.2) is 29.0 Å². The number of nitrogens with zero attached hydrogens (tertiary/aromatic N) is 2. The third-order valence-electron chi connectivity index (χ3n) is 1.80. The Morgan fingerprint density at radius 3 is 2.86 bits per heavy atom. The molecule has 0 aliphatic heterocycles. The topological polar surface area (TPSA) is 47.0 Å². The number of rotatable bonds is 5. The highest BCUT2D eigenvalue weighted by Crippen LogP contribution is 2.09. The summed E-state index contributed by atoms with van der Waals surface area (Å²) in [6, 6.07) is 3.73. The standard InChI is InChI=1S/C10H17N3O/c1-4-14-10(2,3)8-11-9-6-5-7-12-13-9/h5-7H,4,8H2,1-3H3,(H,11,13). The van der Waals surface area contributed by atoms with Crippen molar-refractivity contribution >= 4 is 5.82 Å². The van der Waals surface area contributed by atoms with Gasteiger partial charge in [-0.2, -0.15) is 5.10 Å². The molecule has 0 unspecified atom stereocenters. The summed E-state index contributed by atoms with van der Waals surface area (Å²) in [5.74, 6) is 0.778. The minimum atomic E-state index is -0.174. The number of hydrogen-bond acceptors (Lipinski definition) is 4. The molecule has 1 heterocycles. The fourth-order valence-corrected chi connectivity index (χ4v) is 1.14. The van der Waals surface area contributed by atoms with Gasteiger partial charge in [0.25, 0.3) is 0 Å². The smallest absolute Gasteiger partial charge is 0.148 e. The van der Waals surface area contributed by atoms with Crippen molar-refractivity contribution in [2.45, 2.75) is 26.4 Å². The maximum Gasteiger partial charge on any atom is 0.148 e. The van der Waals surface area contributed by atoms with Gasteiger partial charge < -0.3 is 10.1 Å². The van der Waals surface area contributed by atoms with E-state index in [1.807, 2.05) is 32.9 Å². The summed E-state index contributed by atoms with van der Waals surface area (Å²) < 4.78 is 5.54. The molecule has 0 aliphatic rings. The van der Waals surface area contributed by atoms with Crippen LogP contribution in [-0.2, 0) is 4.74 Å². The van der Waals surface area contributed by atoms with E-state index < -0.39 is 0 Å². The van der Waals surface area contributed by atoms with Gasteiger partial charge in [0.2, 0.25) is 0 Å². The van der Waals surface area contributed by atoms with Crippen molar-refractivity contribution in [2.75, 3.05) is 18.5 Å². The molecule has 0 radical (unpaired) electrons. The van der Waals surface area contributed by atoms with Crippen molar-refractivity contribution in [1.29, 1.82) is 0 Å². The van der Waals surface area contributed by atoms with E-state index in [1.165, 1.54) is 0 Å². The highest BCUT2D eigenvalue weighted by atomic mass is 16.5. The maximum absolute atomic E-state index is 5.54. The van der Waals surface area contributed by atoms with E-state index in [9.17, 15) is 0 Å². The molecule has 14 heavy (non-hydrogen) atoms. The molecule has 0 atom stereocenters. The van der Waals surface area contributed by atoms with Crippen molar-refractivity contribution in [3.63, 3.8) is 0 Å². The van der Waals surface area contributed by atoms with Crippen molar-refractivity contribution in [3.8, 4) is 0 Å². The predicted octanol–water partition coefficient (Wildman–Crippen LogP) is 1.70. The van der Waals surface area contributed by atoms with Gasteiger partial charge in [-0.3, -0.25) is 0 Å². The lowest BCUT2D eigenvalue weighted by Gasteiger charge is -2.24. The van der Waals surface area contributed by atoms with Gasteiger partial charge in [-0.05, 0) is 32.9 Å². The molecule has 0 aliphatic carbocycles. The quantitative estimate of drug-likeness (QED) is 0.777. The predicted molar refractivity (Wildman–Crippen MR) is 56.2 cm³/mol. The molecule has 1 N–H and O–H groups in total. The minimum absolute atomic E-state index is 0.174. The Bertz CT molecular complexity index is 261. The van der Waals surface area contributed by atoms with Crippen molar-refractivity contribution in [1.82, 2.24) is 10.2 Å². The van der Waals surface area contributed by atoms with E-state index in [0.29, 0.717) is 0 Å². The fourth-order valence-electron chi connectivity index (χ4n) is 1.14. The average molecular weight is 195 g/mol. The Balaban J connectivity index is 2.40. The number of anilines is 1. The van der Waals surface area contributed by atoms with Gasteiger partial charge in [-0.1, -0.05) is 0 Å². The molecule has 1 aromatic rings. The molecule has 0 bridgehead atoms. The molecular weight excluding hydrogens is 178 g/mol. The van der Waals surface area contributed by atoms with Gasteiger partial charge >= 0.3 is 0 Å². The van der Waals surface area contributed by atoms with E-state index in [2.05, 4.69) is 15.5 Å². The van der Waals surface area contributed by atoms with Crippen LogP contribution in [0.4, 0.5) is 5.82 Å². The van der Waals surface area contributed by atoms with E-state index in [1.54, 1.807) is 6.20 Å². The van der Waals surface area contributed by atoms with Gasteiger partial charge in [-0.15, -0.1) is 5.10 Å². The maximum atomic E-state index is 5.54. The molecule has 0 aromatic carbocycles. The number of aromatic nitrogens is 2. The summed E-state index contributed by atoms with van der Waals surface area (Å²) in [6.07, 6.45) is 1.65. The molecule has 0 amide bonds. The van der Waals surface area contributed by atoms with E-state index >= 15 is 0 Å². The second kappa shape index (κ2) is 4.91. The van der Waals surface area contributed by atoms with Crippen LogP contribution in [0.15, 0.2) is 18.3 Å². The van der Waals surface area contributed by atoms with Crippen LogP contribution in [0.5, 0.6) is 0 Å². The van der Waals surface area contributed by atoms with Crippen LogP contribution >= 0.6 is 0 Å². The second-order valence-electron chi connectivity index (χ2n) is 3.66. The largest absolute Gasteiger partial charge is 0.374 e. The Hall–Kier alpha value is -1.16. The average Bonchev–Trinajstić information content (AvgIpc) is 2.17. The number of hydrogen-bond donors (Lipinski definition) is 1. The Morgan fingerprint density at radius 2 is 2.29 bits per heavy atom. The van der Waals surface area contributed by atoms with Crippen LogP contribution < -0.4 is 5.32 Å². The summed E-state index contributed by atoms with van der Waals surface area (Å²) in [4.78, 5) is 0. The van der Waals surface area contributed by atoms with Gasteiger partial charge in [0.15, 0.2) is 0 Å². The first-order valence-electron chi connectivity index (χ1n) is 4.79. The minimum Gasteiger partial charge on any atom is -0.374 e. The van der Waals surface area contributed by atoms with Crippen molar-refractivity contribution < 1.29 is 4.74 Å². The SMILES string of the molecule is CCOC(C)(C)CNc1cccnn1. The Kier molecular flexibility index (Phi) is 3.83. The molecule has 0 fully saturated rings. The molecule has 4 nitrogen and oxygen atoms in total. The van der Waals surface area contributed by atoms with Crippen LogP contribution in [0.1, 0.15) is 20.8 Å². The summed E-state index contributed by atoms with van der Waals surface area (Å²) in [7, 11) is 0. The van der Waals surface area contributed by atoms with Crippen LogP contribution in [0.3, 0.4) is 0 Å². The van der Waals surface area contributed by atoms with Crippen LogP contribution in [0, 0.1) is 0 Å². The molecular formula is C10H17N3O. The third kappa shape index (κ3) is 3.70. The molecule has 1 rings (SSSR count). The number of nitrogens with one attached hydrogen (secondary N) is 1. The zero-order valence-corrected chi connectivity index (χ0v) is 8.95. The molecule has 0 saturated carbocycles. The second-order valence-corrected chi connectivity index (χ2v) is 3.66. The third-order valence-corrected chi connectivity index (χ3v) is 1.80. The van der Waals surface area contributed by atoms with E-state index in [-0.39, 0.29) is 5.60 Å². The summed E-state index contributed by atoms with van der Waals surface area (Å²) in [6.45, 7) is 7.51. The highest BCUT2D eigenvalue weighted by Gasteiger charge is 2.16. The summed E-state index contributed by atoms with van der Waals surface area (Å²) in [5.41, 5.74) is -0.174. The van der Waals surface area contributed by atoms with Gasteiger partial charge in [0, 0.05) is 19.3 Å². The van der Waals surface area contributed by atoms with Crippen LogP contribution in [0.2, 0.25) is 0 Å². The summed E-state index contributed by atoms with van der Waals surface area (Å²) in [5, 5.41) is 10.9. The first-order chi connectivity index (χ1) is 6.64. The normalized spacial score (nSPS) is 11.4. The lowest BCUT2D eigenvalue weighted by molar-refractivity contribution is 0.000633. The van der Waals surface area contributed by atoms with Crippen molar-refractivity contribution in [2.24, 2.45) is 0 Å². The van der Waals surface area contributed by atoms with Gasteiger partial charge in [0.1, 0.15) is 5.82 Å². The zero-order valence-electron chi connectivity index (χ0n) is 8.95. The van der Waals surface area contributed by atoms with E-state index in [4.69, 9.17) is 4.74 Å². The lowest BCUT2D eigenvalue weighted by atomic mass is 10.1. The highest BCUT2D eigenvalue weighted by molar-refractivity contribution is 5.31. The van der Waals surface area contributed by atoms with Gasteiger partial charge in [0.05, 0.1) is 5.60 Å². The zero-order chi connectivity index (χ0) is 10.4. The Morgan fingerprint density at radius 1 is 1.50 bits per heavy atom. The van der Waals surface area contributed by atoms with E-state index in [0.717, 1.165) is 19.0 Å². The fraction of sp³-hybridized carbons (Fsp3) is 0.600. The molecule has 78 valence electrons. The summed E-state index contributed by atoms with van der Waals surface area (Å²) >= 11 is 0. The van der Waals surface area contributed by atoms with Crippen molar-refractivity contribution in [3.05, 3.63) is 18.3 Å². The lowest BCUT2D eigenvalue weighted by Crippen LogP contribution is -2.33. The first kappa shape index (κ1) is 10.9. The molecule has 1 aromatic heterocycles. The van der Waals surface area contributed by atoms with Crippen LogP contribution in [0.25, 0.3) is 0 Å². The number of ether oxygens (including phenoxy) is 1. The van der Waals surface area contributed by atoms with Gasteiger partial charge in [-0.25, -0.2) is 0 Å². The molecule has 0 saturated heterocycles. The molecule has 4 heteroatoms. The molecule has 0 spiro atoms. The Labute approximate surface area is 84.7 Å². The first-order valence-corrected chi connectivity index (χ1v) is 4.79. The monoisotopic (exact) mass is 195 g/mol.